The van der Waals surface area contributed by atoms with Crippen LogP contribution in [0.5, 0.6) is 0 Å². The number of thiazole rings is 1. The van der Waals surface area contributed by atoms with Crippen LogP contribution in [-0.4, -0.2) is 67.3 Å². The maximum absolute atomic E-state index is 13.9. The zero-order valence-corrected chi connectivity index (χ0v) is 21.8. The summed E-state index contributed by atoms with van der Waals surface area (Å²) in [4.78, 5) is 22.5. The molecular weight excluding hydrogens is 500 g/mol. The number of hydrogen-bond donors (Lipinski definition) is 0. The molecule has 1 aromatic carbocycles. The van der Waals surface area contributed by atoms with Crippen molar-refractivity contribution in [3.63, 3.8) is 0 Å². The summed E-state index contributed by atoms with van der Waals surface area (Å²) in [6.07, 6.45) is 1.13. The monoisotopic (exact) mass is 526 g/mol. The van der Waals surface area contributed by atoms with E-state index in [0.717, 1.165) is 34.6 Å². The predicted octanol–water partition coefficient (Wildman–Crippen LogP) is 4.54. The first kappa shape index (κ1) is 24.6. The Morgan fingerprint density at radius 1 is 1.15 bits per heavy atom. The summed E-state index contributed by atoms with van der Waals surface area (Å²) < 4.78 is 29.5. The minimum atomic E-state index is -3.80. The Morgan fingerprint density at radius 2 is 1.91 bits per heavy atom. The van der Waals surface area contributed by atoms with Crippen molar-refractivity contribution in [3.8, 4) is 0 Å². The number of thiophene rings is 1. The summed E-state index contributed by atoms with van der Waals surface area (Å²) >= 11 is 8.47. The second kappa shape index (κ2) is 10.4. The van der Waals surface area contributed by atoms with Gasteiger partial charge in [0.1, 0.15) is 10.3 Å². The van der Waals surface area contributed by atoms with Crippen molar-refractivity contribution in [1.29, 1.82) is 0 Å². The van der Waals surface area contributed by atoms with E-state index < -0.39 is 16.1 Å². The average Bonchev–Trinajstić information content (AvgIpc) is 3.55. The van der Waals surface area contributed by atoms with Crippen LogP contribution >= 0.6 is 34.3 Å². The molecular formula is C22H27ClN4O3S3. The Morgan fingerprint density at radius 3 is 2.58 bits per heavy atom. The van der Waals surface area contributed by atoms with Crippen LogP contribution in [0.3, 0.4) is 0 Å². The smallest absolute Gasteiger partial charge is 0.253 e. The molecule has 11 heteroatoms. The van der Waals surface area contributed by atoms with E-state index in [4.69, 9.17) is 16.6 Å². The second-order valence-electron chi connectivity index (χ2n) is 7.81. The van der Waals surface area contributed by atoms with Gasteiger partial charge in [-0.2, -0.15) is 4.31 Å². The minimum absolute atomic E-state index is 0.168. The molecule has 1 fully saturated rings. The van der Waals surface area contributed by atoms with Gasteiger partial charge in [0.2, 0.25) is 5.91 Å². The predicted molar refractivity (Wildman–Crippen MR) is 136 cm³/mol. The Balaban J connectivity index is 1.66. The summed E-state index contributed by atoms with van der Waals surface area (Å²) in [6, 6.07) is 10.1. The third-order valence-corrected chi connectivity index (χ3v) is 10.6. The molecule has 4 rings (SSSR count). The molecule has 1 amide bonds. The number of fused-ring (bicyclic) bond motifs is 1. The van der Waals surface area contributed by atoms with Gasteiger partial charge in [0.05, 0.1) is 14.6 Å². The van der Waals surface area contributed by atoms with Crippen molar-refractivity contribution < 1.29 is 13.2 Å². The van der Waals surface area contributed by atoms with E-state index in [2.05, 4.69) is 18.7 Å². The lowest BCUT2D eigenvalue weighted by Crippen LogP contribution is -2.49. The molecule has 1 saturated heterocycles. The van der Waals surface area contributed by atoms with Gasteiger partial charge in [0.25, 0.3) is 10.0 Å². The average molecular weight is 527 g/mol. The third kappa shape index (κ3) is 5.11. The topological polar surface area (TPSA) is 73.8 Å². The number of rotatable bonds is 9. The molecule has 0 spiro atoms. The molecule has 0 N–H and O–H groups in total. The van der Waals surface area contributed by atoms with E-state index in [1.54, 1.807) is 11.0 Å². The van der Waals surface area contributed by atoms with Crippen molar-refractivity contribution in [2.45, 2.75) is 36.9 Å². The van der Waals surface area contributed by atoms with Crippen LogP contribution in [0, 0.1) is 0 Å². The van der Waals surface area contributed by atoms with Crippen LogP contribution in [0.2, 0.25) is 4.34 Å². The highest BCUT2D eigenvalue weighted by Crippen LogP contribution is 2.35. The molecule has 7 nitrogen and oxygen atoms in total. The van der Waals surface area contributed by atoms with E-state index in [9.17, 15) is 13.2 Å². The number of carbonyl (C=O) groups is 1. The SMILES string of the molecule is CCN(CC)CCN(C(=O)C1CCCN1S(=O)(=O)c1ccc(Cl)s1)c1nc2ccccc2s1. The number of para-hydroxylation sites is 1. The normalized spacial score (nSPS) is 17.3. The van der Waals surface area contributed by atoms with Crippen molar-refractivity contribution >= 4 is 65.6 Å². The maximum Gasteiger partial charge on any atom is 0.253 e. The zero-order chi connectivity index (χ0) is 23.6. The van der Waals surface area contributed by atoms with Gasteiger partial charge >= 0.3 is 0 Å². The number of likely N-dealkylation sites (N-methyl/N-ethyl adjacent to an activating group) is 1. The number of anilines is 1. The van der Waals surface area contributed by atoms with Gasteiger partial charge in [-0.3, -0.25) is 9.69 Å². The molecule has 3 aromatic rings. The highest BCUT2D eigenvalue weighted by molar-refractivity contribution is 7.91. The van der Waals surface area contributed by atoms with Crippen LogP contribution in [-0.2, 0) is 14.8 Å². The Hall–Kier alpha value is -1.56. The number of amides is 1. The van der Waals surface area contributed by atoms with Crippen LogP contribution in [0.1, 0.15) is 26.7 Å². The number of aromatic nitrogens is 1. The van der Waals surface area contributed by atoms with Crippen LogP contribution in [0.4, 0.5) is 5.13 Å². The summed E-state index contributed by atoms with van der Waals surface area (Å²) in [5, 5.41) is 0.608. The number of hydrogen-bond acceptors (Lipinski definition) is 7. The first-order valence-corrected chi connectivity index (χ1v) is 14.5. The fourth-order valence-electron chi connectivity index (χ4n) is 4.06. The number of halogens is 1. The van der Waals surface area contributed by atoms with Gasteiger partial charge in [-0.05, 0) is 50.2 Å². The van der Waals surface area contributed by atoms with Gasteiger partial charge in [-0.1, -0.05) is 48.9 Å². The lowest BCUT2D eigenvalue weighted by molar-refractivity contribution is -0.121. The Labute approximate surface area is 207 Å². The number of nitrogens with zero attached hydrogens (tertiary/aromatic N) is 4. The standard InChI is InChI=1S/C22H27ClN4O3S3/c1-3-25(4-2)14-15-26(22-24-16-8-5-6-10-18(16)31-22)21(28)17-9-7-13-27(17)33(29,30)20-12-11-19(23)32-20/h5-6,8,10-12,17H,3-4,7,9,13-15H2,1-2H3. The molecule has 33 heavy (non-hydrogen) atoms. The molecule has 0 aliphatic carbocycles. The molecule has 178 valence electrons. The highest BCUT2D eigenvalue weighted by atomic mass is 35.5. The van der Waals surface area contributed by atoms with Gasteiger partial charge in [-0.25, -0.2) is 13.4 Å². The van der Waals surface area contributed by atoms with Crippen LogP contribution in [0.15, 0.2) is 40.6 Å². The molecule has 1 aliphatic heterocycles. The molecule has 0 radical (unpaired) electrons. The number of carbonyl (C=O) groups excluding carboxylic acids is 1. The largest absolute Gasteiger partial charge is 0.302 e. The molecule has 1 atom stereocenters. The third-order valence-electron chi connectivity index (χ3n) is 5.91. The van der Waals surface area contributed by atoms with Gasteiger partial charge in [-0.15, -0.1) is 11.3 Å². The van der Waals surface area contributed by atoms with Gasteiger partial charge in [0, 0.05) is 19.6 Å². The number of sulfonamides is 1. The molecule has 1 unspecified atom stereocenters. The quantitative estimate of drug-likeness (QED) is 0.409. The fraction of sp³-hybridized carbons (Fsp3) is 0.455. The molecule has 1 aliphatic rings. The van der Waals surface area contributed by atoms with E-state index in [-0.39, 0.29) is 10.1 Å². The Kier molecular flexibility index (Phi) is 7.72. The minimum Gasteiger partial charge on any atom is -0.302 e. The molecule has 2 aromatic heterocycles. The maximum atomic E-state index is 13.9. The van der Waals surface area contributed by atoms with Crippen LogP contribution in [0.25, 0.3) is 10.2 Å². The molecule has 0 bridgehead atoms. The van der Waals surface area contributed by atoms with Crippen molar-refractivity contribution in [2.24, 2.45) is 0 Å². The lowest BCUT2D eigenvalue weighted by Gasteiger charge is -2.29. The number of benzene rings is 1. The van der Waals surface area contributed by atoms with Gasteiger partial charge in [0.15, 0.2) is 5.13 Å². The van der Waals surface area contributed by atoms with E-state index >= 15 is 0 Å². The molecule has 0 saturated carbocycles. The molecule has 3 heterocycles. The highest BCUT2D eigenvalue weighted by Gasteiger charge is 2.42. The first-order chi connectivity index (χ1) is 15.8. The van der Waals surface area contributed by atoms with Crippen LogP contribution < -0.4 is 4.90 Å². The Bertz CT molecular complexity index is 1190. The summed E-state index contributed by atoms with van der Waals surface area (Å²) in [5.74, 6) is -0.218. The summed E-state index contributed by atoms with van der Waals surface area (Å²) in [6.45, 7) is 7.39. The first-order valence-electron chi connectivity index (χ1n) is 11.0. The summed E-state index contributed by atoms with van der Waals surface area (Å²) in [5.41, 5.74) is 0.835. The lowest BCUT2D eigenvalue weighted by atomic mass is 10.2. The van der Waals surface area contributed by atoms with E-state index in [1.807, 2.05) is 24.3 Å². The van der Waals surface area contributed by atoms with E-state index in [0.29, 0.717) is 41.9 Å². The second-order valence-corrected chi connectivity index (χ2v) is 12.7. The van der Waals surface area contributed by atoms with Gasteiger partial charge < -0.3 is 4.90 Å². The van der Waals surface area contributed by atoms with Crippen molar-refractivity contribution in [1.82, 2.24) is 14.2 Å². The van der Waals surface area contributed by atoms with E-state index in [1.165, 1.54) is 21.7 Å². The van der Waals surface area contributed by atoms with Crippen molar-refractivity contribution in [2.75, 3.05) is 37.6 Å². The zero-order valence-electron chi connectivity index (χ0n) is 18.6. The fourth-order valence-corrected chi connectivity index (χ4v) is 8.32. The summed E-state index contributed by atoms with van der Waals surface area (Å²) in [7, 11) is -3.80. The van der Waals surface area contributed by atoms with Crippen molar-refractivity contribution in [3.05, 3.63) is 40.7 Å².